The van der Waals surface area contributed by atoms with Crippen LogP contribution in [0.3, 0.4) is 0 Å². The maximum absolute atomic E-state index is 6.10. The van der Waals surface area contributed by atoms with Crippen LogP contribution in [0.25, 0.3) is 0 Å². The van der Waals surface area contributed by atoms with Crippen LogP contribution in [0.5, 0.6) is 0 Å². The fourth-order valence-electron chi connectivity index (χ4n) is 2.76. The van der Waals surface area contributed by atoms with Crippen molar-refractivity contribution in [1.82, 2.24) is 10.3 Å². The summed E-state index contributed by atoms with van der Waals surface area (Å²) in [6.07, 6.45) is 2.94. The van der Waals surface area contributed by atoms with Gasteiger partial charge in [-0.1, -0.05) is 6.92 Å². The van der Waals surface area contributed by atoms with E-state index in [1.807, 2.05) is 11.6 Å². The highest BCUT2D eigenvalue weighted by molar-refractivity contribution is 7.09. The first-order valence-corrected chi connectivity index (χ1v) is 7.51. The van der Waals surface area contributed by atoms with Gasteiger partial charge in [0.1, 0.15) is 0 Å². The van der Waals surface area contributed by atoms with Crippen molar-refractivity contribution in [1.29, 1.82) is 0 Å². The Bertz CT molecular complexity index is 387. The Kier molecular flexibility index (Phi) is 3.81. The highest BCUT2D eigenvalue weighted by Crippen LogP contribution is 2.37. The second-order valence-electron chi connectivity index (χ2n) is 6.40. The summed E-state index contributed by atoms with van der Waals surface area (Å²) in [5.74, 6) is 0.463. The second-order valence-corrected chi connectivity index (χ2v) is 7.33. The molecule has 3 nitrogen and oxygen atoms in total. The van der Waals surface area contributed by atoms with E-state index >= 15 is 0 Å². The number of nitrogens with one attached hydrogen (secondary N) is 1. The van der Waals surface area contributed by atoms with Gasteiger partial charge in [0.15, 0.2) is 0 Å². The number of thiazole rings is 1. The molecule has 0 aliphatic carbocycles. The molecule has 1 aromatic rings. The average Bonchev–Trinajstić information content (AvgIpc) is 2.80. The lowest BCUT2D eigenvalue weighted by molar-refractivity contribution is -0.0698. The van der Waals surface area contributed by atoms with E-state index in [0.29, 0.717) is 12.0 Å². The molecule has 4 heteroatoms. The number of aromatic nitrogens is 1. The molecular formula is C14H24N2OS. The molecule has 102 valence electrons. The number of hydrogen-bond donors (Lipinski definition) is 1. The quantitative estimate of drug-likeness (QED) is 0.910. The summed E-state index contributed by atoms with van der Waals surface area (Å²) in [5.41, 5.74) is -0.113. The lowest BCUT2D eigenvalue weighted by atomic mass is 9.94. The molecule has 1 saturated heterocycles. The molecule has 0 saturated carbocycles. The Hall–Kier alpha value is -0.450. The predicted octanol–water partition coefficient (Wildman–Crippen LogP) is 3.18. The molecule has 1 fully saturated rings. The summed E-state index contributed by atoms with van der Waals surface area (Å²) >= 11 is 1.73. The van der Waals surface area contributed by atoms with E-state index in [1.54, 1.807) is 11.3 Å². The van der Waals surface area contributed by atoms with Crippen molar-refractivity contribution in [3.63, 3.8) is 0 Å². The van der Waals surface area contributed by atoms with Crippen molar-refractivity contribution >= 4 is 11.3 Å². The van der Waals surface area contributed by atoms with Crippen LogP contribution >= 0.6 is 11.3 Å². The van der Waals surface area contributed by atoms with Gasteiger partial charge in [0.25, 0.3) is 0 Å². The summed E-state index contributed by atoms with van der Waals surface area (Å²) < 4.78 is 6.10. The van der Waals surface area contributed by atoms with Crippen LogP contribution in [0.15, 0.2) is 11.6 Å². The van der Waals surface area contributed by atoms with Crippen molar-refractivity contribution in [2.45, 2.75) is 64.2 Å². The molecule has 1 N–H and O–H groups in total. The third kappa shape index (κ3) is 3.11. The Morgan fingerprint density at radius 3 is 2.72 bits per heavy atom. The van der Waals surface area contributed by atoms with E-state index in [1.165, 1.54) is 5.01 Å². The van der Waals surface area contributed by atoms with E-state index in [0.717, 1.165) is 13.0 Å². The molecule has 0 radical (unpaired) electrons. The fraction of sp³-hybridized carbons (Fsp3) is 0.786. The Labute approximate surface area is 114 Å². The minimum atomic E-state index is -0.0912. The fourth-order valence-corrected chi connectivity index (χ4v) is 3.46. The van der Waals surface area contributed by atoms with E-state index in [-0.39, 0.29) is 11.2 Å². The first-order valence-electron chi connectivity index (χ1n) is 6.63. The van der Waals surface area contributed by atoms with Crippen LogP contribution in [0, 0.1) is 0 Å². The molecule has 2 rings (SSSR count). The molecule has 2 unspecified atom stereocenters. The van der Waals surface area contributed by atoms with E-state index in [9.17, 15) is 0 Å². The normalized spacial score (nSPS) is 27.3. The Morgan fingerprint density at radius 2 is 2.22 bits per heavy atom. The summed E-state index contributed by atoms with van der Waals surface area (Å²) in [4.78, 5) is 4.37. The zero-order valence-electron chi connectivity index (χ0n) is 12.0. The average molecular weight is 268 g/mol. The summed E-state index contributed by atoms with van der Waals surface area (Å²) in [6, 6.07) is 0.412. The minimum Gasteiger partial charge on any atom is -0.368 e. The first kappa shape index (κ1) is 14.0. The van der Waals surface area contributed by atoms with Crippen molar-refractivity contribution in [2.24, 2.45) is 0 Å². The van der Waals surface area contributed by atoms with Crippen LogP contribution in [0.1, 0.15) is 52.0 Å². The highest BCUT2D eigenvalue weighted by Gasteiger charge is 2.45. The summed E-state index contributed by atoms with van der Waals surface area (Å²) in [6.45, 7) is 11.9. The molecule has 2 heterocycles. The van der Waals surface area contributed by atoms with Crippen LogP contribution < -0.4 is 5.32 Å². The van der Waals surface area contributed by atoms with Crippen molar-refractivity contribution in [3.8, 4) is 0 Å². The molecule has 0 bridgehead atoms. The molecule has 0 amide bonds. The second kappa shape index (κ2) is 4.91. The van der Waals surface area contributed by atoms with Crippen LogP contribution in [0.2, 0.25) is 0 Å². The topological polar surface area (TPSA) is 34.1 Å². The van der Waals surface area contributed by atoms with Gasteiger partial charge in [-0.3, -0.25) is 0 Å². The van der Waals surface area contributed by atoms with Gasteiger partial charge in [0.05, 0.1) is 16.2 Å². The van der Waals surface area contributed by atoms with Crippen molar-refractivity contribution in [2.75, 3.05) is 6.54 Å². The molecule has 0 spiro atoms. The van der Waals surface area contributed by atoms with Crippen molar-refractivity contribution < 1.29 is 4.74 Å². The van der Waals surface area contributed by atoms with Crippen LogP contribution in [0.4, 0.5) is 0 Å². The van der Waals surface area contributed by atoms with Gasteiger partial charge in [0, 0.05) is 30.1 Å². The highest BCUT2D eigenvalue weighted by atomic mass is 32.1. The Balaban J connectivity index is 1.91. The maximum Gasteiger partial charge on any atom is 0.0965 e. The van der Waals surface area contributed by atoms with Gasteiger partial charge in [-0.25, -0.2) is 4.98 Å². The smallest absolute Gasteiger partial charge is 0.0965 e. The molecule has 1 aliphatic heterocycles. The third-order valence-electron chi connectivity index (χ3n) is 3.62. The summed E-state index contributed by atoms with van der Waals surface area (Å²) in [7, 11) is 0. The zero-order chi connectivity index (χ0) is 13.4. The zero-order valence-corrected chi connectivity index (χ0v) is 12.8. The molecule has 0 aromatic carbocycles. The maximum atomic E-state index is 6.10. The largest absolute Gasteiger partial charge is 0.368 e. The van der Waals surface area contributed by atoms with Gasteiger partial charge < -0.3 is 10.1 Å². The minimum absolute atomic E-state index is 0.0222. The monoisotopic (exact) mass is 268 g/mol. The first-order chi connectivity index (χ1) is 8.30. The molecule has 18 heavy (non-hydrogen) atoms. The summed E-state index contributed by atoms with van der Waals surface area (Å²) in [5, 5.41) is 6.90. The van der Waals surface area contributed by atoms with E-state index < -0.39 is 0 Å². The number of rotatable bonds is 4. The SMILES string of the molecule is CC(CNC1CC(C)(C)OC1(C)C)c1nccs1. The molecule has 2 atom stereocenters. The van der Waals surface area contributed by atoms with Gasteiger partial charge in [0.2, 0.25) is 0 Å². The lowest BCUT2D eigenvalue weighted by Gasteiger charge is -2.28. The molecular weight excluding hydrogens is 244 g/mol. The van der Waals surface area contributed by atoms with E-state index in [4.69, 9.17) is 4.74 Å². The number of hydrogen-bond acceptors (Lipinski definition) is 4. The lowest BCUT2D eigenvalue weighted by Crippen LogP contribution is -2.44. The number of nitrogens with zero attached hydrogens (tertiary/aromatic N) is 1. The Morgan fingerprint density at radius 1 is 1.50 bits per heavy atom. The van der Waals surface area contributed by atoms with Crippen LogP contribution in [-0.4, -0.2) is 28.8 Å². The molecule has 1 aliphatic rings. The van der Waals surface area contributed by atoms with Gasteiger partial charge >= 0.3 is 0 Å². The number of ether oxygens (including phenoxy) is 1. The predicted molar refractivity (Wildman–Crippen MR) is 76.2 cm³/mol. The third-order valence-corrected chi connectivity index (χ3v) is 4.62. The van der Waals surface area contributed by atoms with Gasteiger partial charge in [-0.05, 0) is 34.1 Å². The van der Waals surface area contributed by atoms with Crippen molar-refractivity contribution in [3.05, 3.63) is 16.6 Å². The molecule has 1 aromatic heterocycles. The van der Waals surface area contributed by atoms with Gasteiger partial charge in [-0.2, -0.15) is 0 Å². The standard InChI is InChI=1S/C14H24N2OS/c1-10(12-15-6-7-18-12)9-16-11-8-13(2,3)17-14(11,4)5/h6-7,10-11,16H,8-9H2,1-5H3. The van der Waals surface area contributed by atoms with E-state index in [2.05, 4.69) is 44.9 Å². The van der Waals surface area contributed by atoms with Gasteiger partial charge in [-0.15, -0.1) is 11.3 Å². The van der Waals surface area contributed by atoms with Crippen LogP contribution in [-0.2, 0) is 4.74 Å².